The number of hydrogen-bond acceptors (Lipinski definition) is 12. The van der Waals surface area contributed by atoms with Crippen molar-refractivity contribution in [3.05, 3.63) is 80.1 Å². The van der Waals surface area contributed by atoms with Gasteiger partial charge in [-0.3, -0.25) is 23.7 Å². The number of amides is 1. The lowest BCUT2D eigenvalue weighted by atomic mass is 10.1. The zero-order valence-corrected chi connectivity index (χ0v) is 25.1. The number of nitrogens with zero attached hydrogens (tertiary/aromatic N) is 1. The van der Waals surface area contributed by atoms with Gasteiger partial charge in [0.15, 0.2) is 0 Å². The average Bonchev–Trinajstić information content (AvgIpc) is 3.27. The van der Waals surface area contributed by atoms with Gasteiger partial charge in [0.25, 0.3) is 5.56 Å². The van der Waals surface area contributed by atoms with Gasteiger partial charge in [-0.25, -0.2) is 18.5 Å². The fourth-order valence-corrected chi connectivity index (χ4v) is 6.77. The van der Waals surface area contributed by atoms with Gasteiger partial charge in [-0.05, 0) is 17.2 Å². The van der Waals surface area contributed by atoms with E-state index in [4.69, 9.17) is 20.3 Å². The van der Waals surface area contributed by atoms with E-state index in [2.05, 4.69) is 23.4 Å². The summed E-state index contributed by atoms with van der Waals surface area (Å²) in [4.78, 5) is 74.8. The summed E-state index contributed by atoms with van der Waals surface area (Å²) in [6.07, 6.45) is 2.51. The number of aliphatic hydroxyl groups excluding tert-OH is 1. The average molecular weight is 682 g/mol. The third kappa shape index (κ3) is 11.3. The van der Waals surface area contributed by atoms with Gasteiger partial charge in [0.2, 0.25) is 5.91 Å². The van der Waals surface area contributed by atoms with Crippen LogP contribution in [0, 0.1) is 0 Å². The third-order valence-electron chi connectivity index (χ3n) is 5.63. The maximum Gasteiger partial charge on any atom is 0.490 e. The Morgan fingerprint density at radius 1 is 1.14 bits per heavy atom. The van der Waals surface area contributed by atoms with Crippen LogP contribution in [0.4, 0.5) is 0 Å². The first kappa shape index (κ1) is 35.6. The Morgan fingerprint density at radius 2 is 1.86 bits per heavy atom. The number of aromatic amines is 1. The Balaban J connectivity index is 1.59. The van der Waals surface area contributed by atoms with E-state index in [0.29, 0.717) is 6.54 Å². The molecule has 1 saturated heterocycles. The van der Waals surface area contributed by atoms with Crippen molar-refractivity contribution in [2.75, 3.05) is 13.2 Å². The lowest BCUT2D eigenvalue weighted by molar-refractivity contribution is -0.116. The van der Waals surface area contributed by atoms with Crippen molar-refractivity contribution < 1.29 is 61.1 Å². The van der Waals surface area contributed by atoms with Crippen molar-refractivity contribution in [2.45, 2.75) is 31.4 Å². The predicted octanol–water partition coefficient (Wildman–Crippen LogP) is -0.170. The molecule has 5 atom stereocenters. The molecular weight excluding hydrogens is 653 g/mol. The minimum atomic E-state index is -5.75. The van der Waals surface area contributed by atoms with E-state index in [9.17, 15) is 43.0 Å². The van der Waals surface area contributed by atoms with Crippen LogP contribution in [0.5, 0.6) is 0 Å². The molecule has 0 aliphatic carbocycles. The molecular formula is C22H29N4O15P3. The van der Waals surface area contributed by atoms with Crippen LogP contribution in [-0.2, 0) is 42.9 Å². The van der Waals surface area contributed by atoms with Crippen LogP contribution in [-0.4, -0.2) is 65.5 Å². The molecule has 1 aliphatic rings. The first-order valence-corrected chi connectivity index (χ1v) is 16.9. The van der Waals surface area contributed by atoms with Gasteiger partial charge in [0, 0.05) is 31.8 Å². The van der Waals surface area contributed by atoms with Crippen molar-refractivity contribution >= 4 is 41.5 Å². The van der Waals surface area contributed by atoms with Crippen LogP contribution in [0.1, 0.15) is 29.3 Å². The number of carbonyl (C=O) groups is 1. The molecule has 1 aromatic heterocycles. The molecule has 22 heteroatoms. The topological polar surface area (TPSA) is 299 Å². The Bertz CT molecular complexity index is 1670. The SMILES string of the molecule is NCc1cccc(/C=C/C(=O)NC/C=C/c2cn([C@H]3C[C@H](O)[C@@H](COP(=O)(O)OP(=O)(O)OP(=O)(O)O)O3)c(=O)[nH]c2=O)c1. The first-order valence-electron chi connectivity index (χ1n) is 12.4. The maximum atomic E-state index is 12.4. The van der Waals surface area contributed by atoms with Gasteiger partial charge in [-0.2, -0.15) is 8.62 Å². The summed E-state index contributed by atoms with van der Waals surface area (Å²) in [5.74, 6) is -0.415. The molecule has 1 amide bonds. The summed E-state index contributed by atoms with van der Waals surface area (Å²) < 4.78 is 52.2. The van der Waals surface area contributed by atoms with Crippen molar-refractivity contribution in [3.63, 3.8) is 0 Å². The Hall–Kier alpha value is -2.86. The zero-order chi connectivity index (χ0) is 32.7. The molecule has 19 nitrogen and oxygen atoms in total. The number of H-pyrrole nitrogens is 1. The van der Waals surface area contributed by atoms with E-state index in [-0.39, 0.29) is 18.5 Å². The smallest absolute Gasteiger partial charge is 0.390 e. The van der Waals surface area contributed by atoms with E-state index >= 15 is 0 Å². The number of ether oxygens (including phenoxy) is 1. The fourth-order valence-electron chi connectivity index (χ4n) is 3.74. The van der Waals surface area contributed by atoms with Crippen LogP contribution < -0.4 is 22.3 Å². The van der Waals surface area contributed by atoms with Crippen LogP contribution in [0.25, 0.3) is 12.2 Å². The van der Waals surface area contributed by atoms with Crippen molar-refractivity contribution in [1.29, 1.82) is 0 Å². The molecule has 9 N–H and O–H groups in total. The van der Waals surface area contributed by atoms with Gasteiger partial charge in [0.1, 0.15) is 12.3 Å². The normalized spacial score (nSPS) is 21.8. The molecule has 1 aromatic carbocycles. The molecule has 0 bridgehead atoms. The van der Waals surface area contributed by atoms with Crippen LogP contribution in [0.2, 0.25) is 0 Å². The number of phosphoric acid groups is 3. The minimum absolute atomic E-state index is 0.0197. The summed E-state index contributed by atoms with van der Waals surface area (Å²) in [5, 5.41) is 12.9. The summed E-state index contributed by atoms with van der Waals surface area (Å²) in [7, 11) is -16.8. The molecule has 44 heavy (non-hydrogen) atoms. The van der Waals surface area contributed by atoms with Gasteiger partial charge in [-0.1, -0.05) is 36.4 Å². The molecule has 2 heterocycles. The standard InChI is InChI=1S/C22H29N4O15P3/c23-11-15-4-1-3-14(9-15)6-7-19(28)24-8-2-5-16-12-26(22(30)25-21(16)29)20-10-17(27)18(39-20)13-38-43(34,35)41-44(36,37)40-42(31,32)33/h1-7,9,12,17-18,20,27H,8,10-11,13,23H2,(H,24,28)(H,34,35)(H,36,37)(H,25,29,30)(H2,31,32,33)/b5-2+,7-6+/t17-,18+,20+/m0/s1. The molecule has 2 aromatic rings. The summed E-state index contributed by atoms with van der Waals surface area (Å²) >= 11 is 0. The van der Waals surface area contributed by atoms with Gasteiger partial charge in [0.05, 0.1) is 18.3 Å². The number of nitrogens with two attached hydrogens (primary N) is 1. The minimum Gasteiger partial charge on any atom is -0.390 e. The second-order valence-electron chi connectivity index (χ2n) is 9.00. The van der Waals surface area contributed by atoms with E-state index in [1.807, 2.05) is 18.2 Å². The Morgan fingerprint density at radius 3 is 2.55 bits per heavy atom. The fraction of sp³-hybridized carbons (Fsp3) is 0.318. The van der Waals surface area contributed by atoms with Crippen molar-refractivity contribution in [2.24, 2.45) is 5.73 Å². The number of hydrogen-bond donors (Lipinski definition) is 8. The van der Waals surface area contributed by atoms with Crippen molar-refractivity contribution in [3.8, 4) is 0 Å². The van der Waals surface area contributed by atoms with E-state index in [1.165, 1.54) is 18.2 Å². The number of benzene rings is 1. The third-order valence-corrected chi connectivity index (χ3v) is 9.44. The second-order valence-corrected chi connectivity index (χ2v) is 13.4. The summed E-state index contributed by atoms with van der Waals surface area (Å²) in [6, 6.07) is 7.29. The highest BCUT2D eigenvalue weighted by Gasteiger charge is 2.43. The van der Waals surface area contributed by atoms with E-state index in [1.54, 1.807) is 12.1 Å². The molecule has 0 saturated carbocycles. The van der Waals surface area contributed by atoms with Gasteiger partial charge >= 0.3 is 29.2 Å². The highest BCUT2D eigenvalue weighted by atomic mass is 31.3. The number of rotatable bonds is 14. The zero-order valence-electron chi connectivity index (χ0n) is 22.4. The monoisotopic (exact) mass is 682 g/mol. The maximum absolute atomic E-state index is 12.4. The molecule has 1 fully saturated rings. The van der Waals surface area contributed by atoms with Gasteiger partial charge in [-0.15, -0.1) is 0 Å². The quantitative estimate of drug-likeness (QED) is 0.0947. The van der Waals surface area contributed by atoms with E-state index in [0.717, 1.165) is 21.9 Å². The van der Waals surface area contributed by atoms with Crippen molar-refractivity contribution in [1.82, 2.24) is 14.9 Å². The second kappa shape index (κ2) is 14.9. The highest BCUT2D eigenvalue weighted by Crippen LogP contribution is 2.66. The molecule has 0 radical (unpaired) electrons. The predicted molar refractivity (Wildman–Crippen MR) is 151 cm³/mol. The number of aliphatic hydroxyl groups is 1. The lowest BCUT2D eigenvalue weighted by Crippen LogP contribution is -2.33. The molecule has 242 valence electrons. The highest BCUT2D eigenvalue weighted by molar-refractivity contribution is 7.66. The Labute approximate surface area is 248 Å². The number of aromatic nitrogens is 2. The van der Waals surface area contributed by atoms with Gasteiger partial charge < -0.3 is 40.5 Å². The molecule has 0 spiro atoms. The molecule has 1 aliphatic heterocycles. The summed E-state index contributed by atoms with van der Waals surface area (Å²) in [6.45, 7) is -0.570. The molecule has 3 rings (SSSR count). The first-order chi connectivity index (χ1) is 20.5. The van der Waals surface area contributed by atoms with Crippen LogP contribution in [0.3, 0.4) is 0 Å². The van der Waals surface area contributed by atoms with Crippen LogP contribution in [0.15, 0.2) is 52.2 Å². The lowest BCUT2D eigenvalue weighted by Gasteiger charge is -2.19. The largest absolute Gasteiger partial charge is 0.490 e. The van der Waals surface area contributed by atoms with E-state index < -0.39 is 65.7 Å². The number of nitrogens with one attached hydrogen (secondary N) is 2. The Kier molecular flexibility index (Phi) is 12.1. The van der Waals surface area contributed by atoms with Crippen LogP contribution >= 0.6 is 23.5 Å². The summed E-state index contributed by atoms with van der Waals surface area (Å²) in [5.41, 5.74) is 5.57. The number of carbonyl (C=O) groups excluding carboxylic acids is 1. The number of phosphoric ester groups is 1. The molecule has 2 unspecified atom stereocenters.